The van der Waals surface area contributed by atoms with Crippen LogP contribution in [0.1, 0.15) is 43.8 Å². The van der Waals surface area contributed by atoms with Crippen LogP contribution in [0, 0.1) is 5.92 Å². The Balaban J connectivity index is 1.38. The minimum Gasteiger partial charge on any atom is -0.376 e. The van der Waals surface area contributed by atoms with Crippen LogP contribution in [-0.4, -0.2) is 37.4 Å². The van der Waals surface area contributed by atoms with E-state index in [4.69, 9.17) is 9.72 Å². The summed E-state index contributed by atoms with van der Waals surface area (Å²) in [5.74, 6) is 2.41. The van der Waals surface area contributed by atoms with Gasteiger partial charge in [0.1, 0.15) is 0 Å². The van der Waals surface area contributed by atoms with Crippen LogP contribution in [0.3, 0.4) is 0 Å². The van der Waals surface area contributed by atoms with E-state index >= 15 is 0 Å². The smallest absolute Gasteiger partial charge is 0.191 e. The number of ether oxygens (including phenoxy) is 1. The molecule has 6 nitrogen and oxygen atoms in total. The standard InChI is InChI=1S/C24H29N5OS2/c1-16(2)9-10-22-26-17(14-31-22)15-32-24-28-27-23(29(24)13-18-6-5-11-30-18)20-12-25-21-8-4-3-7-19(20)21/h3-4,7-8,12,14,16,18,25H,5-6,9-11,13,15H2,1-2H3. The highest BCUT2D eigenvalue weighted by Gasteiger charge is 2.23. The molecule has 32 heavy (non-hydrogen) atoms. The van der Waals surface area contributed by atoms with Gasteiger partial charge in [-0.15, -0.1) is 21.5 Å². The minimum absolute atomic E-state index is 0.219. The van der Waals surface area contributed by atoms with Gasteiger partial charge in [-0.1, -0.05) is 43.8 Å². The third kappa shape index (κ3) is 4.77. The lowest BCUT2D eigenvalue weighted by molar-refractivity contribution is 0.0953. The molecular weight excluding hydrogens is 438 g/mol. The Hall–Kier alpha value is -2.16. The highest BCUT2D eigenvalue weighted by atomic mass is 32.2. The topological polar surface area (TPSA) is 68.6 Å². The first-order valence-corrected chi connectivity index (χ1v) is 13.2. The number of H-pyrrole nitrogens is 1. The molecule has 0 bridgehead atoms. The number of nitrogens with one attached hydrogen (secondary N) is 1. The number of para-hydroxylation sites is 1. The van der Waals surface area contributed by atoms with Crippen molar-refractivity contribution in [1.82, 2.24) is 24.7 Å². The van der Waals surface area contributed by atoms with Crippen LogP contribution in [0.4, 0.5) is 0 Å². The molecule has 1 unspecified atom stereocenters. The van der Waals surface area contributed by atoms with Crippen LogP contribution in [0.5, 0.6) is 0 Å². The second-order valence-electron chi connectivity index (χ2n) is 8.75. The van der Waals surface area contributed by atoms with Crippen molar-refractivity contribution in [1.29, 1.82) is 0 Å². The van der Waals surface area contributed by atoms with Crippen molar-refractivity contribution in [3.63, 3.8) is 0 Å². The molecule has 4 aromatic rings. The third-order valence-electron chi connectivity index (χ3n) is 5.84. The van der Waals surface area contributed by atoms with Gasteiger partial charge in [-0.3, -0.25) is 4.57 Å². The van der Waals surface area contributed by atoms with Crippen LogP contribution in [0.25, 0.3) is 22.3 Å². The predicted molar refractivity (Wildman–Crippen MR) is 131 cm³/mol. The van der Waals surface area contributed by atoms with Crippen molar-refractivity contribution >= 4 is 34.0 Å². The molecule has 0 radical (unpaired) electrons. The van der Waals surface area contributed by atoms with Crippen molar-refractivity contribution in [2.24, 2.45) is 5.92 Å². The zero-order valence-corrected chi connectivity index (χ0v) is 20.2. The van der Waals surface area contributed by atoms with E-state index in [2.05, 4.69) is 57.2 Å². The van der Waals surface area contributed by atoms with Crippen molar-refractivity contribution in [2.75, 3.05) is 6.61 Å². The van der Waals surface area contributed by atoms with Crippen LogP contribution >= 0.6 is 23.1 Å². The Bertz CT molecular complexity index is 1170. The molecule has 0 spiro atoms. The van der Waals surface area contributed by atoms with Crippen LogP contribution in [-0.2, 0) is 23.5 Å². The molecule has 0 amide bonds. The number of thiazole rings is 1. The first-order valence-electron chi connectivity index (χ1n) is 11.3. The Morgan fingerprint density at radius 3 is 3.03 bits per heavy atom. The fourth-order valence-corrected chi connectivity index (χ4v) is 5.85. The normalized spacial score (nSPS) is 16.5. The van der Waals surface area contributed by atoms with E-state index in [9.17, 15) is 0 Å². The minimum atomic E-state index is 0.219. The van der Waals surface area contributed by atoms with E-state index in [-0.39, 0.29) is 6.10 Å². The lowest BCUT2D eigenvalue weighted by Crippen LogP contribution is -2.16. The number of hydrogen-bond acceptors (Lipinski definition) is 6. The first kappa shape index (κ1) is 21.7. The fourth-order valence-electron chi connectivity index (χ4n) is 4.09. The summed E-state index contributed by atoms with van der Waals surface area (Å²) in [7, 11) is 0. The van der Waals surface area contributed by atoms with Crippen LogP contribution in [0.15, 0.2) is 41.0 Å². The van der Waals surface area contributed by atoms with Gasteiger partial charge in [0.25, 0.3) is 0 Å². The van der Waals surface area contributed by atoms with Crippen molar-refractivity contribution in [3.05, 3.63) is 46.5 Å². The van der Waals surface area contributed by atoms with Gasteiger partial charge in [-0.2, -0.15) is 0 Å². The highest BCUT2D eigenvalue weighted by Crippen LogP contribution is 2.32. The molecule has 3 aromatic heterocycles. The third-order valence-corrected chi connectivity index (χ3v) is 7.80. The van der Waals surface area contributed by atoms with E-state index in [1.54, 1.807) is 23.1 Å². The predicted octanol–water partition coefficient (Wildman–Crippen LogP) is 5.94. The maximum absolute atomic E-state index is 5.95. The SMILES string of the molecule is CC(C)CCc1nc(CSc2nnc(-c3c[nH]c4ccccc34)n2CC2CCCO2)cs1. The summed E-state index contributed by atoms with van der Waals surface area (Å²) in [6.45, 7) is 6.14. The average molecular weight is 468 g/mol. The summed E-state index contributed by atoms with van der Waals surface area (Å²) in [5.41, 5.74) is 3.32. The molecule has 1 aliphatic rings. The maximum Gasteiger partial charge on any atom is 0.191 e. The monoisotopic (exact) mass is 467 g/mol. The number of aryl methyl sites for hydroxylation is 1. The summed E-state index contributed by atoms with van der Waals surface area (Å²) in [5, 5.41) is 14.7. The summed E-state index contributed by atoms with van der Waals surface area (Å²) in [6.07, 6.45) is 6.71. The molecule has 0 aliphatic carbocycles. The van der Waals surface area contributed by atoms with E-state index in [1.807, 2.05) is 12.3 Å². The Morgan fingerprint density at radius 1 is 1.28 bits per heavy atom. The molecule has 8 heteroatoms. The largest absolute Gasteiger partial charge is 0.376 e. The quantitative estimate of drug-likeness (QED) is 0.308. The fraction of sp³-hybridized carbons (Fsp3) is 0.458. The van der Waals surface area contributed by atoms with E-state index in [0.29, 0.717) is 5.92 Å². The van der Waals surface area contributed by atoms with Gasteiger partial charge in [-0.25, -0.2) is 4.98 Å². The maximum atomic E-state index is 5.95. The van der Waals surface area contributed by atoms with Gasteiger partial charge in [0.15, 0.2) is 11.0 Å². The van der Waals surface area contributed by atoms with Crippen LogP contribution in [0.2, 0.25) is 0 Å². The molecular formula is C24H29N5OS2. The molecule has 1 aromatic carbocycles. The molecule has 1 atom stereocenters. The summed E-state index contributed by atoms with van der Waals surface area (Å²) < 4.78 is 8.19. The van der Waals surface area contributed by atoms with Gasteiger partial charge < -0.3 is 9.72 Å². The Kier molecular flexibility index (Phi) is 6.62. The number of rotatable bonds is 9. The molecule has 0 saturated carbocycles. The zero-order valence-electron chi connectivity index (χ0n) is 18.6. The lowest BCUT2D eigenvalue weighted by Gasteiger charge is -2.14. The lowest BCUT2D eigenvalue weighted by atomic mass is 10.1. The molecule has 1 aliphatic heterocycles. The van der Waals surface area contributed by atoms with Crippen molar-refractivity contribution < 1.29 is 4.74 Å². The zero-order chi connectivity index (χ0) is 21.9. The number of thioether (sulfide) groups is 1. The van der Waals surface area contributed by atoms with Gasteiger partial charge >= 0.3 is 0 Å². The summed E-state index contributed by atoms with van der Waals surface area (Å²) in [4.78, 5) is 8.21. The number of fused-ring (bicyclic) bond motifs is 1. The second kappa shape index (κ2) is 9.77. The van der Waals surface area contributed by atoms with Gasteiger partial charge in [0.05, 0.1) is 23.4 Å². The van der Waals surface area contributed by atoms with E-state index < -0.39 is 0 Å². The number of aromatic nitrogens is 5. The molecule has 4 heterocycles. The van der Waals surface area contributed by atoms with Crippen LogP contribution < -0.4 is 0 Å². The van der Waals surface area contributed by atoms with E-state index in [0.717, 1.165) is 65.9 Å². The van der Waals surface area contributed by atoms with Gasteiger partial charge in [-0.05, 0) is 37.7 Å². The number of nitrogens with zero attached hydrogens (tertiary/aromatic N) is 4. The highest BCUT2D eigenvalue weighted by molar-refractivity contribution is 7.98. The summed E-state index contributed by atoms with van der Waals surface area (Å²) in [6, 6.07) is 8.33. The number of aromatic amines is 1. The second-order valence-corrected chi connectivity index (χ2v) is 10.6. The van der Waals surface area contributed by atoms with E-state index in [1.165, 1.54) is 16.8 Å². The molecule has 1 N–H and O–H groups in total. The van der Waals surface area contributed by atoms with Gasteiger partial charge in [0, 0.05) is 40.4 Å². The number of benzene rings is 1. The molecule has 168 valence electrons. The molecule has 1 fully saturated rings. The average Bonchev–Trinajstić information content (AvgIpc) is 3.58. The van der Waals surface area contributed by atoms with Crippen molar-refractivity contribution in [3.8, 4) is 11.4 Å². The Labute approximate surface area is 196 Å². The first-order chi connectivity index (χ1) is 15.7. The molecule has 5 rings (SSSR count). The Morgan fingerprint density at radius 2 is 2.19 bits per heavy atom. The van der Waals surface area contributed by atoms with Crippen molar-refractivity contribution in [2.45, 2.75) is 63.1 Å². The van der Waals surface area contributed by atoms with Gasteiger partial charge in [0.2, 0.25) is 0 Å². The summed E-state index contributed by atoms with van der Waals surface area (Å²) >= 11 is 3.48. The molecule has 1 saturated heterocycles. The number of hydrogen-bond donors (Lipinski definition) is 1.